The zero-order valence-electron chi connectivity index (χ0n) is 14.1. The maximum absolute atomic E-state index is 12.5. The Kier molecular flexibility index (Phi) is 5.19. The molecule has 1 fully saturated rings. The van der Waals surface area contributed by atoms with E-state index < -0.39 is 5.97 Å². The van der Waals surface area contributed by atoms with Crippen LogP contribution in [0.25, 0.3) is 0 Å². The highest BCUT2D eigenvalue weighted by molar-refractivity contribution is 5.87. The molecule has 2 unspecified atom stereocenters. The molecule has 1 saturated heterocycles. The van der Waals surface area contributed by atoms with Gasteiger partial charge in [0.25, 0.3) is 0 Å². The van der Waals surface area contributed by atoms with Crippen LogP contribution < -0.4 is 5.32 Å². The summed E-state index contributed by atoms with van der Waals surface area (Å²) in [4.78, 5) is 25.5. The summed E-state index contributed by atoms with van der Waals surface area (Å²) in [5.74, 6) is -0.0932. The molecule has 2 heterocycles. The van der Waals surface area contributed by atoms with Crippen LogP contribution in [0, 0.1) is 0 Å². The molecule has 6 nitrogen and oxygen atoms in total. The summed E-state index contributed by atoms with van der Waals surface area (Å²) in [5, 5.41) is 11.8. The lowest BCUT2D eigenvalue weighted by atomic mass is 10.1. The van der Waals surface area contributed by atoms with Crippen molar-refractivity contribution >= 4 is 11.9 Å². The van der Waals surface area contributed by atoms with Crippen LogP contribution in [0.15, 0.2) is 47.1 Å². The Morgan fingerprint density at radius 2 is 2.08 bits per heavy atom. The number of aromatic carboxylic acids is 1. The number of nitrogens with zero attached hydrogens (tertiary/aromatic N) is 1. The van der Waals surface area contributed by atoms with E-state index in [1.165, 1.54) is 0 Å². The van der Waals surface area contributed by atoms with E-state index in [0.717, 1.165) is 30.7 Å². The van der Waals surface area contributed by atoms with Crippen molar-refractivity contribution in [2.45, 2.75) is 38.4 Å². The molecule has 1 aromatic carbocycles. The molecule has 0 bridgehead atoms. The molecule has 6 heteroatoms. The van der Waals surface area contributed by atoms with Crippen molar-refractivity contribution in [3.63, 3.8) is 0 Å². The predicted molar refractivity (Wildman–Crippen MR) is 92.1 cm³/mol. The van der Waals surface area contributed by atoms with Gasteiger partial charge in [-0.1, -0.05) is 12.1 Å². The molecule has 2 atom stereocenters. The number of benzene rings is 1. The van der Waals surface area contributed by atoms with Crippen LogP contribution in [-0.4, -0.2) is 34.5 Å². The van der Waals surface area contributed by atoms with E-state index in [9.17, 15) is 9.59 Å². The minimum atomic E-state index is -0.956. The summed E-state index contributed by atoms with van der Waals surface area (Å²) in [6.07, 6.45) is 3.69. The number of carboxylic acids is 1. The van der Waals surface area contributed by atoms with Crippen molar-refractivity contribution in [2.75, 3.05) is 6.54 Å². The van der Waals surface area contributed by atoms with Gasteiger partial charge < -0.3 is 14.8 Å². The predicted octanol–water partition coefficient (Wildman–Crippen LogP) is 2.82. The Bertz CT molecular complexity index is 724. The fraction of sp³-hybridized carbons (Fsp3) is 0.368. The highest BCUT2D eigenvalue weighted by Crippen LogP contribution is 2.33. The van der Waals surface area contributed by atoms with Gasteiger partial charge in [0.2, 0.25) is 5.91 Å². The average Bonchev–Trinajstić information content (AvgIpc) is 3.30. The second-order valence-corrected chi connectivity index (χ2v) is 6.31. The molecular formula is C19H22N2O4. The minimum absolute atomic E-state index is 0.0410. The maximum Gasteiger partial charge on any atom is 0.335 e. The number of rotatable bonds is 6. The monoisotopic (exact) mass is 342 g/mol. The van der Waals surface area contributed by atoms with Gasteiger partial charge in [-0.15, -0.1) is 0 Å². The average molecular weight is 342 g/mol. The molecule has 25 heavy (non-hydrogen) atoms. The fourth-order valence-electron chi connectivity index (χ4n) is 3.29. The fourth-order valence-corrected chi connectivity index (χ4v) is 3.29. The first-order chi connectivity index (χ1) is 12.1. The van der Waals surface area contributed by atoms with E-state index in [4.69, 9.17) is 9.52 Å². The van der Waals surface area contributed by atoms with Crippen molar-refractivity contribution in [3.8, 4) is 0 Å². The van der Waals surface area contributed by atoms with Gasteiger partial charge in [-0.25, -0.2) is 4.79 Å². The first-order valence-electron chi connectivity index (χ1n) is 8.45. The molecule has 0 saturated carbocycles. The van der Waals surface area contributed by atoms with Gasteiger partial charge in [0, 0.05) is 6.54 Å². The summed E-state index contributed by atoms with van der Waals surface area (Å²) in [5.41, 5.74) is 1.11. The second-order valence-electron chi connectivity index (χ2n) is 6.31. The van der Waals surface area contributed by atoms with Crippen molar-refractivity contribution in [3.05, 3.63) is 59.5 Å². The number of hydrogen-bond acceptors (Lipinski definition) is 4. The summed E-state index contributed by atoms with van der Waals surface area (Å²) < 4.78 is 5.52. The van der Waals surface area contributed by atoms with Crippen molar-refractivity contribution in [2.24, 2.45) is 0 Å². The van der Waals surface area contributed by atoms with E-state index in [2.05, 4.69) is 10.2 Å². The normalized spacial score (nSPS) is 18.8. The van der Waals surface area contributed by atoms with Crippen LogP contribution in [0.3, 0.4) is 0 Å². The van der Waals surface area contributed by atoms with Gasteiger partial charge in [-0.05, 0) is 56.1 Å². The largest absolute Gasteiger partial charge is 0.478 e. The van der Waals surface area contributed by atoms with Crippen LogP contribution in [-0.2, 0) is 11.3 Å². The van der Waals surface area contributed by atoms with Crippen LogP contribution in [0.2, 0.25) is 0 Å². The van der Waals surface area contributed by atoms with Gasteiger partial charge in [0.15, 0.2) is 0 Å². The van der Waals surface area contributed by atoms with Gasteiger partial charge in [0.05, 0.1) is 23.9 Å². The number of nitrogens with one attached hydrogen (secondary N) is 1. The number of hydrogen-bond donors (Lipinski definition) is 2. The molecule has 1 aromatic heterocycles. The van der Waals surface area contributed by atoms with E-state index in [1.807, 2.05) is 19.1 Å². The van der Waals surface area contributed by atoms with Crippen molar-refractivity contribution in [1.82, 2.24) is 10.2 Å². The molecule has 3 rings (SSSR count). The Hall–Kier alpha value is -2.60. The molecule has 132 valence electrons. The van der Waals surface area contributed by atoms with E-state index >= 15 is 0 Å². The van der Waals surface area contributed by atoms with Gasteiger partial charge in [0.1, 0.15) is 5.76 Å². The zero-order chi connectivity index (χ0) is 17.8. The third kappa shape index (κ3) is 3.91. The molecule has 0 spiro atoms. The molecule has 0 aliphatic carbocycles. The second kappa shape index (κ2) is 7.53. The van der Waals surface area contributed by atoms with Gasteiger partial charge in [-0.3, -0.25) is 9.69 Å². The smallest absolute Gasteiger partial charge is 0.335 e. The highest BCUT2D eigenvalue weighted by atomic mass is 16.4. The Labute approximate surface area is 146 Å². The first kappa shape index (κ1) is 17.2. The first-order valence-corrected chi connectivity index (χ1v) is 8.45. The lowest BCUT2D eigenvalue weighted by Crippen LogP contribution is -2.44. The van der Waals surface area contributed by atoms with Crippen LogP contribution in [0.4, 0.5) is 0 Å². The standard InChI is InChI=1S/C19H22N2O4/c1-13(21-10-2-4-16(21)17-5-3-11-25-17)18(22)20-12-14-6-8-15(9-7-14)19(23)24/h3,5-9,11,13,16H,2,4,10,12H2,1H3,(H,20,22)(H,23,24). The third-order valence-corrected chi connectivity index (χ3v) is 4.71. The quantitative estimate of drug-likeness (QED) is 0.843. The van der Waals surface area contributed by atoms with E-state index in [1.54, 1.807) is 30.5 Å². The summed E-state index contributed by atoms with van der Waals surface area (Å²) in [6, 6.07) is 10.2. The van der Waals surface area contributed by atoms with Gasteiger partial charge >= 0.3 is 5.97 Å². The Morgan fingerprint density at radius 1 is 1.32 bits per heavy atom. The minimum Gasteiger partial charge on any atom is -0.478 e. The number of carboxylic acid groups (broad SMARTS) is 1. The highest BCUT2D eigenvalue weighted by Gasteiger charge is 2.34. The molecule has 1 amide bonds. The van der Waals surface area contributed by atoms with Crippen molar-refractivity contribution < 1.29 is 19.1 Å². The number of carbonyl (C=O) groups excluding carboxylic acids is 1. The van der Waals surface area contributed by atoms with E-state index in [-0.39, 0.29) is 23.6 Å². The van der Waals surface area contributed by atoms with Crippen molar-refractivity contribution in [1.29, 1.82) is 0 Å². The molecular weight excluding hydrogens is 320 g/mol. The summed E-state index contributed by atoms with van der Waals surface area (Å²) in [6.45, 7) is 3.15. The summed E-state index contributed by atoms with van der Waals surface area (Å²) >= 11 is 0. The van der Waals surface area contributed by atoms with Crippen LogP contribution in [0.5, 0.6) is 0 Å². The Morgan fingerprint density at radius 3 is 2.72 bits per heavy atom. The van der Waals surface area contributed by atoms with Crippen LogP contribution >= 0.6 is 0 Å². The number of carbonyl (C=O) groups is 2. The number of furan rings is 1. The molecule has 1 aliphatic heterocycles. The van der Waals surface area contributed by atoms with Crippen LogP contribution in [0.1, 0.15) is 47.5 Å². The number of amides is 1. The molecule has 1 aliphatic rings. The van der Waals surface area contributed by atoms with E-state index in [0.29, 0.717) is 6.54 Å². The zero-order valence-corrected chi connectivity index (χ0v) is 14.1. The summed E-state index contributed by atoms with van der Waals surface area (Å²) in [7, 11) is 0. The Balaban J connectivity index is 1.58. The molecule has 2 aromatic rings. The lowest BCUT2D eigenvalue weighted by Gasteiger charge is -2.28. The third-order valence-electron chi connectivity index (χ3n) is 4.71. The lowest BCUT2D eigenvalue weighted by molar-refractivity contribution is -0.126. The van der Waals surface area contributed by atoms with Gasteiger partial charge in [-0.2, -0.15) is 0 Å². The molecule has 2 N–H and O–H groups in total. The SMILES string of the molecule is CC(C(=O)NCc1ccc(C(=O)O)cc1)N1CCCC1c1ccco1. The maximum atomic E-state index is 12.5. The topological polar surface area (TPSA) is 82.8 Å². The number of likely N-dealkylation sites (tertiary alicyclic amines) is 1. The molecule has 0 radical (unpaired) electrons.